The first-order valence-corrected chi connectivity index (χ1v) is 9.49. The predicted octanol–water partition coefficient (Wildman–Crippen LogP) is 3.77. The predicted molar refractivity (Wildman–Crippen MR) is 104 cm³/mol. The number of amides is 2. The van der Waals surface area contributed by atoms with E-state index in [1.54, 1.807) is 18.3 Å². The van der Waals surface area contributed by atoms with Crippen molar-refractivity contribution >= 4 is 34.2 Å². The maximum atomic E-state index is 12.9. The molecule has 2 aliphatic rings. The Hall–Kier alpha value is -2.64. The molecular weight excluding hydrogens is 383 g/mol. The van der Waals surface area contributed by atoms with Crippen molar-refractivity contribution < 1.29 is 14.3 Å². The molecule has 144 valence electrons. The number of carbonyl (C=O) groups is 1. The molecule has 2 fully saturated rings. The number of urea groups is 1. The lowest BCUT2D eigenvalue weighted by atomic mass is 9.86. The first kappa shape index (κ1) is 17.5. The van der Waals surface area contributed by atoms with Crippen LogP contribution in [-0.2, 0) is 5.60 Å². The second-order valence-corrected chi connectivity index (χ2v) is 8.12. The number of nitrogens with zero attached hydrogens (tertiary/aromatic N) is 1. The molecule has 0 saturated heterocycles. The van der Waals surface area contributed by atoms with Gasteiger partial charge in [-0.1, -0.05) is 11.6 Å². The maximum Gasteiger partial charge on any atom is 0.319 e. The molecule has 0 radical (unpaired) electrons. The summed E-state index contributed by atoms with van der Waals surface area (Å²) >= 11 is 6.21. The SMILES string of the molecule is O=C(Nc1ccc(F)cc1)NC1C2CC(O)(c3cc(Cl)cc4[nH]ncc34)CC21. The monoisotopic (exact) mass is 400 g/mol. The number of hydrogen-bond acceptors (Lipinski definition) is 3. The van der Waals surface area contributed by atoms with Gasteiger partial charge in [0.05, 0.1) is 17.3 Å². The lowest BCUT2D eigenvalue weighted by Crippen LogP contribution is -2.36. The summed E-state index contributed by atoms with van der Waals surface area (Å²) < 4.78 is 12.9. The van der Waals surface area contributed by atoms with Crippen molar-refractivity contribution in [2.75, 3.05) is 5.32 Å². The molecule has 2 aromatic carbocycles. The zero-order valence-electron chi connectivity index (χ0n) is 14.7. The highest BCUT2D eigenvalue weighted by molar-refractivity contribution is 6.31. The van der Waals surface area contributed by atoms with E-state index in [0.717, 1.165) is 16.5 Å². The van der Waals surface area contributed by atoms with Crippen LogP contribution < -0.4 is 10.6 Å². The smallest absolute Gasteiger partial charge is 0.319 e. The second kappa shape index (κ2) is 6.18. The van der Waals surface area contributed by atoms with E-state index in [1.807, 2.05) is 0 Å². The number of anilines is 1. The fourth-order valence-corrected chi connectivity index (χ4v) is 4.77. The number of nitrogens with one attached hydrogen (secondary N) is 3. The number of carbonyl (C=O) groups excluding carboxylic acids is 1. The number of halogens is 2. The molecule has 6 nitrogen and oxygen atoms in total. The number of aliphatic hydroxyl groups is 1. The average molecular weight is 401 g/mol. The first-order chi connectivity index (χ1) is 13.4. The van der Waals surface area contributed by atoms with Gasteiger partial charge >= 0.3 is 6.03 Å². The van der Waals surface area contributed by atoms with E-state index in [0.29, 0.717) is 23.6 Å². The van der Waals surface area contributed by atoms with Crippen LogP contribution in [0.2, 0.25) is 5.02 Å². The van der Waals surface area contributed by atoms with Crippen molar-refractivity contribution in [3.63, 3.8) is 0 Å². The molecule has 4 N–H and O–H groups in total. The molecule has 0 bridgehead atoms. The van der Waals surface area contributed by atoms with Gasteiger partial charge in [0, 0.05) is 22.1 Å². The molecule has 1 heterocycles. The molecule has 2 aliphatic carbocycles. The maximum absolute atomic E-state index is 12.9. The Morgan fingerprint density at radius 1 is 1.25 bits per heavy atom. The zero-order chi connectivity index (χ0) is 19.5. The van der Waals surface area contributed by atoms with Crippen LogP contribution in [0.25, 0.3) is 10.9 Å². The van der Waals surface area contributed by atoms with Crippen LogP contribution in [0.15, 0.2) is 42.6 Å². The summed E-state index contributed by atoms with van der Waals surface area (Å²) in [6.45, 7) is 0. The number of rotatable bonds is 3. The van der Waals surface area contributed by atoms with Gasteiger partial charge in [-0.05, 0) is 66.6 Å². The number of aromatic nitrogens is 2. The molecular formula is C20H18ClFN4O2. The third kappa shape index (κ3) is 2.91. The largest absolute Gasteiger partial charge is 0.385 e. The molecule has 2 unspecified atom stereocenters. The highest BCUT2D eigenvalue weighted by Crippen LogP contribution is 2.60. The quantitative estimate of drug-likeness (QED) is 0.539. The van der Waals surface area contributed by atoms with E-state index in [2.05, 4.69) is 20.8 Å². The fourth-order valence-electron chi connectivity index (χ4n) is 4.55. The second-order valence-electron chi connectivity index (χ2n) is 7.68. The summed E-state index contributed by atoms with van der Waals surface area (Å²) in [6.07, 6.45) is 2.81. The third-order valence-corrected chi connectivity index (χ3v) is 6.12. The number of aromatic amines is 1. The van der Waals surface area contributed by atoms with Crippen LogP contribution in [0, 0.1) is 17.7 Å². The Balaban J connectivity index is 1.26. The Kier molecular flexibility index (Phi) is 3.86. The molecule has 2 amide bonds. The zero-order valence-corrected chi connectivity index (χ0v) is 15.5. The van der Waals surface area contributed by atoms with Crippen LogP contribution in [-0.4, -0.2) is 27.4 Å². The topological polar surface area (TPSA) is 90.0 Å². The van der Waals surface area contributed by atoms with E-state index >= 15 is 0 Å². The van der Waals surface area contributed by atoms with Crippen molar-refractivity contribution in [2.24, 2.45) is 11.8 Å². The summed E-state index contributed by atoms with van der Waals surface area (Å²) in [6, 6.07) is 8.90. The summed E-state index contributed by atoms with van der Waals surface area (Å²) in [4.78, 5) is 12.2. The van der Waals surface area contributed by atoms with Gasteiger partial charge in [-0.3, -0.25) is 5.10 Å². The van der Waals surface area contributed by atoms with Crippen LogP contribution in [0.4, 0.5) is 14.9 Å². The van der Waals surface area contributed by atoms with Crippen molar-refractivity contribution in [2.45, 2.75) is 24.5 Å². The average Bonchev–Trinajstić information content (AvgIpc) is 3.03. The third-order valence-electron chi connectivity index (χ3n) is 5.90. The highest BCUT2D eigenvalue weighted by Gasteiger charge is 2.62. The number of hydrogen-bond donors (Lipinski definition) is 4. The van der Waals surface area contributed by atoms with Crippen molar-refractivity contribution in [1.29, 1.82) is 0 Å². The minimum absolute atomic E-state index is 0.0275. The molecule has 1 aromatic heterocycles. The van der Waals surface area contributed by atoms with Gasteiger partial charge in [0.1, 0.15) is 5.82 Å². The van der Waals surface area contributed by atoms with Crippen LogP contribution in [0.5, 0.6) is 0 Å². The Morgan fingerprint density at radius 3 is 2.68 bits per heavy atom. The minimum Gasteiger partial charge on any atom is -0.385 e. The number of H-pyrrole nitrogens is 1. The Morgan fingerprint density at radius 2 is 1.96 bits per heavy atom. The van der Waals surface area contributed by atoms with E-state index in [-0.39, 0.29) is 29.7 Å². The van der Waals surface area contributed by atoms with E-state index in [4.69, 9.17) is 11.6 Å². The molecule has 3 aromatic rings. The van der Waals surface area contributed by atoms with Crippen molar-refractivity contribution in [3.05, 3.63) is 59.0 Å². The van der Waals surface area contributed by atoms with Crippen molar-refractivity contribution in [3.8, 4) is 0 Å². The summed E-state index contributed by atoms with van der Waals surface area (Å²) in [5, 5.41) is 25.3. The number of benzene rings is 2. The Bertz CT molecular complexity index is 1060. The van der Waals surface area contributed by atoms with E-state index < -0.39 is 5.60 Å². The highest BCUT2D eigenvalue weighted by atomic mass is 35.5. The molecule has 0 spiro atoms. The minimum atomic E-state index is -0.978. The van der Waals surface area contributed by atoms with Crippen LogP contribution in [0.3, 0.4) is 0 Å². The molecule has 8 heteroatoms. The number of fused-ring (bicyclic) bond motifs is 2. The normalized spacial score (nSPS) is 28.2. The van der Waals surface area contributed by atoms with E-state index in [1.165, 1.54) is 24.3 Å². The van der Waals surface area contributed by atoms with Gasteiger partial charge in [0.25, 0.3) is 0 Å². The van der Waals surface area contributed by atoms with Gasteiger partial charge in [-0.2, -0.15) is 5.10 Å². The molecule has 0 aliphatic heterocycles. The summed E-state index contributed by atoms with van der Waals surface area (Å²) in [7, 11) is 0. The van der Waals surface area contributed by atoms with Gasteiger partial charge in [0.2, 0.25) is 0 Å². The molecule has 2 saturated carbocycles. The van der Waals surface area contributed by atoms with Crippen LogP contribution >= 0.6 is 11.6 Å². The van der Waals surface area contributed by atoms with Gasteiger partial charge in [0.15, 0.2) is 0 Å². The lowest BCUT2D eigenvalue weighted by Gasteiger charge is -2.27. The summed E-state index contributed by atoms with van der Waals surface area (Å²) in [5.74, 6) is 0.0736. The van der Waals surface area contributed by atoms with Crippen molar-refractivity contribution in [1.82, 2.24) is 15.5 Å². The molecule has 2 atom stereocenters. The summed E-state index contributed by atoms with van der Waals surface area (Å²) in [5.41, 5.74) is 1.13. The van der Waals surface area contributed by atoms with Gasteiger partial charge < -0.3 is 15.7 Å². The fraction of sp³-hybridized carbons (Fsp3) is 0.300. The van der Waals surface area contributed by atoms with Crippen LogP contribution in [0.1, 0.15) is 18.4 Å². The van der Waals surface area contributed by atoms with Gasteiger partial charge in [-0.25, -0.2) is 9.18 Å². The lowest BCUT2D eigenvalue weighted by molar-refractivity contribution is 0.0300. The standard InChI is InChI=1S/C20H18ClFN4O2/c21-10-5-16(15-9-23-26-17(15)6-10)20(28)7-13-14(8-20)18(13)25-19(27)24-12-3-1-11(22)2-4-12/h1-6,9,13-14,18,28H,7-8H2,(H,23,26)(H2,24,25,27). The molecule has 28 heavy (non-hydrogen) atoms. The Labute approximate surface area is 165 Å². The van der Waals surface area contributed by atoms with E-state index in [9.17, 15) is 14.3 Å². The first-order valence-electron chi connectivity index (χ1n) is 9.11. The van der Waals surface area contributed by atoms with Gasteiger partial charge in [-0.15, -0.1) is 0 Å². The molecule has 5 rings (SSSR count).